The summed E-state index contributed by atoms with van der Waals surface area (Å²) in [4.78, 5) is 10.4. The smallest absolute Gasteiger partial charge is 0.320 e. The average Bonchev–Trinajstić information content (AvgIpc) is 2.06. The molecule has 3 N–H and O–H groups in total. The molecule has 1 saturated heterocycles. The van der Waals surface area contributed by atoms with Crippen LogP contribution < -0.4 is 5.73 Å². The summed E-state index contributed by atoms with van der Waals surface area (Å²) in [7, 11) is 0. The summed E-state index contributed by atoms with van der Waals surface area (Å²) in [6, 6.07) is -0.701. The summed E-state index contributed by atoms with van der Waals surface area (Å²) in [6.45, 7) is 1.49. The molecule has 0 amide bonds. The molecule has 0 aromatic heterocycles. The van der Waals surface area contributed by atoms with Crippen LogP contribution in [0, 0.1) is 5.92 Å². The molecule has 0 bridgehead atoms. The molecule has 4 nitrogen and oxygen atoms in total. The first-order chi connectivity index (χ1) is 5.70. The molecule has 0 unspecified atom stereocenters. The molecule has 1 aliphatic heterocycles. The summed E-state index contributed by atoms with van der Waals surface area (Å²) in [5, 5.41) is 8.56. The summed E-state index contributed by atoms with van der Waals surface area (Å²) in [5.41, 5.74) is 5.41. The molecule has 0 saturated carbocycles. The van der Waals surface area contributed by atoms with Gasteiger partial charge in [0.2, 0.25) is 0 Å². The van der Waals surface area contributed by atoms with E-state index in [4.69, 9.17) is 15.6 Å². The van der Waals surface area contributed by atoms with Gasteiger partial charge in [-0.05, 0) is 25.2 Å². The van der Waals surface area contributed by atoms with Crippen LogP contribution in [0.5, 0.6) is 0 Å². The van der Waals surface area contributed by atoms with E-state index >= 15 is 0 Å². The number of carboxylic acid groups (broad SMARTS) is 1. The Labute approximate surface area is 83.9 Å². The van der Waals surface area contributed by atoms with E-state index in [1.165, 1.54) is 0 Å². The van der Waals surface area contributed by atoms with Gasteiger partial charge < -0.3 is 15.6 Å². The SMILES string of the molecule is Cl.N[C@@H](CC1CCOCC1)C(=O)O. The molecule has 1 atom stereocenters. The van der Waals surface area contributed by atoms with Crippen molar-refractivity contribution in [3.8, 4) is 0 Å². The number of hydrogen-bond acceptors (Lipinski definition) is 3. The third-order valence-electron chi connectivity index (χ3n) is 2.25. The van der Waals surface area contributed by atoms with E-state index in [9.17, 15) is 4.79 Å². The monoisotopic (exact) mass is 209 g/mol. The zero-order valence-electron chi connectivity index (χ0n) is 7.44. The van der Waals surface area contributed by atoms with Gasteiger partial charge in [-0.15, -0.1) is 12.4 Å². The number of ether oxygens (including phenoxy) is 1. The number of hydrogen-bond donors (Lipinski definition) is 2. The fourth-order valence-corrected chi connectivity index (χ4v) is 1.44. The van der Waals surface area contributed by atoms with Gasteiger partial charge in [-0.2, -0.15) is 0 Å². The van der Waals surface area contributed by atoms with Gasteiger partial charge in [0.1, 0.15) is 6.04 Å². The predicted octanol–water partition coefficient (Wildman–Crippen LogP) is 0.637. The molecule has 13 heavy (non-hydrogen) atoms. The van der Waals surface area contributed by atoms with E-state index in [0.717, 1.165) is 26.1 Å². The molecular weight excluding hydrogens is 194 g/mol. The maximum atomic E-state index is 10.4. The minimum Gasteiger partial charge on any atom is -0.480 e. The van der Waals surface area contributed by atoms with Crippen molar-refractivity contribution in [2.75, 3.05) is 13.2 Å². The first-order valence-electron chi connectivity index (χ1n) is 4.26. The first kappa shape index (κ1) is 12.7. The second kappa shape index (κ2) is 6.18. The Morgan fingerprint density at radius 3 is 2.54 bits per heavy atom. The molecule has 0 spiro atoms. The van der Waals surface area contributed by atoms with Gasteiger partial charge in [0.15, 0.2) is 0 Å². The lowest BCUT2D eigenvalue weighted by Gasteiger charge is -2.23. The van der Waals surface area contributed by atoms with Crippen LogP contribution in [0.3, 0.4) is 0 Å². The van der Waals surface area contributed by atoms with Crippen molar-refractivity contribution < 1.29 is 14.6 Å². The normalized spacial score (nSPS) is 20.4. The molecule has 0 aromatic rings. The Bertz CT molecular complexity index is 159. The highest BCUT2D eigenvalue weighted by Crippen LogP contribution is 2.19. The van der Waals surface area contributed by atoms with Crippen LogP contribution >= 0.6 is 12.4 Å². The van der Waals surface area contributed by atoms with E-state index in [0.29, 0.717) is 12.3 Å². The van der Waals surface area contributed by atoms with Crippen LogP contribution in [-0.2, 0) is 9.53 Å². The molecule has 1 fully saturated rings. The minimum atomic E-state index is -0.901. The summed E-state index contributed by atoms with van der Waals surface area (Å²) < 4.78 is 5.15. The Hall–Kier alpha value is -0.320. The highest BCUT2D eigenvalue weighted by atomic mass is 35.5. The second-order valence-corrected chi connectivity index (χ2v) is 3.24. The Kier molecular flexibility index (Phi) is 6.03. The van der Waals surface area contributed by atoms with E-state index in [-0.39, 0.29) is 12.4 Å². The lowest BCUT2D eigenvalue weighted by atomic mass is 9.93. The summed E-state index contributed by atoms with van der Waals surface area (Å²) in [5.74, 6) is -0.466. The Morgan fingerprint density at radius 2 is 2.08 bits per heavy atom. The van der Waals surface area contributed by atoms with Crippen molar-refractivity contribution in [1.29, 1.82) is 0 Å². The molecule has 5 heteroatoms. The van der Waals surface area contributed by atoms with Crippen LogP contribution in [0.4, 0.5) is 0 Å². The largest absolute Gasteiger partial charge is 0.480 e. The molecule has 1 heterocycles. The lowest BCUT2D eigenvalue weighted by Crippen LogP contribution is -2.33. The molecule has 0 radical (unpaired) electrons. The number of carbonyl (C=O) groups is 1. The first-order valence-corrected chi connectivity index (χ1v) is 4.26. The van der Waals surface area contributed by atoms with Crippen LogP contribution in [0.1, 0.15) is 19.3 Å². The van der Waals surface area contributed by atoms with Gasteiger partial charge in [0.25, 0.3) is 0 Å². The quantitative estimate of drug-likeness (QED) is 0.716. The summed E-state index contributed by atoms with van der Waals surface area (Å²) in [6.07, 6.45) is 2.47. The van der Waals surface area contributed by atoms with E-state index in [1.807, 2.05) is 0 Å². The number of halogens is 1. The Morgan fingerprint density at radius 1 is 1.54 bits per heavy atom. The highest BCUT2D eigenvalue weighted by molar-refractivity contribution is 5.85. The van der Waals surface area contributed by atoms with Gasteiger partial charge in [-0.25, -0.2) is 0 Å². The van der Waals surface area contributed by atoms with Crippen LogP contribution in [-0.4, -0.2) is 30.3 Å². The molecule has 78 valence electrons. The average molecular weight is 210 g/mol. The van der Waals surface area contributed by atoms with E-state index in [1.54, 1.807) is 0 Å². The van der Waals surface area contributed by atoms with Crippen molar-refractivity contribution in [3.63, 3.8) is 0 Å². The van der Waals surface area contributed by atoms with Crippen LogP contribution in [0.25, 0.3) is 0 Å². The molecular formula is C8H16ClNO3. The van der Waals surface area contributed by atoms with Crippen molar-refractivity contribution in [2.45, 2.75) is 25.3 Å². The number of nitrogens with two attached hydrogens (primary N) is 1. The zero-order chi connectivity index (χ0) is 8.97. The van der Waals surface area contributed by atoms with Crippen LogP contribution in [0.15, 0.2) is 0 Å². The maximum absolute atomic E-state index is 10.4. The van der Waals surface area contributed by atoms with E-state index in [2.05, 4.69) is 0 Å². The second-order valence-electron chi connectivity index (χ2n) is 3.24. The molecule has 0 aliphatic carbocycles. The topological polar surface area (TPSA) is 72.5 Å². The van der Waals surface area contributed by atoms with Crippen molar-refractivity contribution in [2.24, 2.45) is 11.7 Å². The molecule has 1 rings (SSSR count). The number of aliphatic carboxylic acids is 1. The zero-order valence-corrected chi connectivity index (χ0v) is 8.26. The van der Waals surface area contributed by atoms with Crippen molar-refractivity contribution in [3.05, 3.63) is 0 Å². The maximum Gasteiger partial charge on any atom is 0.320 e. The third-order valence-corrected chi connectivity index (χ3v) is 2.25. The fourth-order valence-electron chi connectivity index (χ4n) is 1.44. The highest BCUT2D eigenvalue weighted by Gasteiger charge is 2.20. The number of rotatable bonds is 3. The molecule has 0 aromatic carbocycles. The predicted molar refractivity (Wildman–Crippen MR) is 51.0 cm³/mol. The van der Waals surface area contributed by atoms with Crippen molar-refractivity contribution in [1.82, 2.24) is 0 Å². The summed E-state index contributed by atoms with van der Waals surface area (Å²) >= 11 is 0. The van der Waals surface area contributed by atoms with Gasteiger partial charge in [-0.3, -0.25) is 4.79 Å². The Balaban J connectivity index is 0.00000144. The van der Waals surface area contributed by atoms with E-state index < -0.39 is 12.0 Å². The van der Waals surface area contributed by atoms with Gasteiger partial charge >= 0.3 is 5.97 Å². The van der Waals surface area contributed by atoms with Crippen molar-refractivity contribution >= 4 is 18.4 Å². The van der Waals surface area contributed by atoms with Gasteiger partial charge in [-0.1, -0.05) is 0 Å². The minimum absolute atomic E-state index is 0. The van der Waals surface area contributed by atoms with Gasteiger partial charge in [0, 0.05) is 13.2 Å². The third kappa shape index (κ3) is 4.45. The van der Waals surface area contributed by atoms with Gasteiger partial charge in [0.05, 0.1) is 0 Å². The fraction of sp³-hybridized carbons (Fsp3) is 0.875. The molecule has 1 aliphatic rings. The van der Waals surface area contributed by atoms with Crippen LogP contribution in [0.2, 0.25) is 0 Å². The number of carboxylic acids is 1. The standard InChI is InChI=1S/C8H15NO3.ClH/c9-7(8(10)11)5-6-1-3-12-4-2-6;/h6-7H,1-5,9H2,(H,10,11);1H/t7-;/m0./s1. The lowest BCUT2D eigenvalue weighted by molar-refractivity contribution is -0.139.